The van der Waals surface area contributed by atoms with Gasteiger partial charge in [0.25, 0.3) is 0 Å². The molecular weight excluding hydrogens is 308 g/mol. The van der Waals surface area contributed by atoms with Crippen LogP contribution >= 0.6 is 0 Å². The average molecular weight is 336 g/mol. The lowest BCUT2D eigenvalue weighted by Gasteiger charge is -2.24. The zero-order chi connectivity index (χ0) is 16.9. The molecule has 2 aliphatic rings. The summed E-state index contributed by atoms with van der Waals surface area (Å²) in [5, 5.41) is 3.49. The van der Waals surface area contributed by atoms with Crippen molar-refractivity contribution in [3.63, 3.8) is 0 Å². The first-order valence-corrected chi connectivity index (χ1v) is 9.81. The van der Waals surface area contributed by atoms with Crippen molar-refractivity contribution in [3.05, 3.63) is 47.7 Å². The highest BCUT2D eigenvalue weighted by molar-refractivity contribution is 5.68. The molecule has 1 aromatic carbocycles. The van der Waals surface area contributed by atoms with Gasteiger partial charge in [-0.05, 0) is 80.5 Å². The summed E-state index contributed by atoms with van der Waals surface area (Å²) in [4.78, 5) is 4.59. The molecule has 1 unspecified atom stereocenters. The van der Waals surface area contributed by atoms with Crippen molar-refractivity contribution in [1.82, 2.24) is 10.3 Å². The minimum absolute atomic E-state index is 0.644. The van der Waals surface area contributed by atoms with E-state index in [9.17, 15) is 0 Å². The minimum Gasteiger partial charge on any atom is -0.493 e. The smallest absolute Gasteiger partial charge is 0.122 e. The van der Waals surface area contributed by atoms with E-state index in [-0.39, 0.29) is 0 Å². The molecule has 3 nitrogen and oxygen atoms in total. The van der Waals surface area contributed by atoms with Crippen LogP contribution in [0.2, 0.25) is 0 Å². The van der Waals surface area contributed by atoms with E-state index in [1.807, 2.05) is 12.3 Å². The zero-order valence-corrected chi connectivity index (χ0v) is 15.0. The van der Waals surface area contributed by atoms with E-state index in [2.05, 4.69) is 34.6 Å². The Bertz CT molecular complexity index is 693. The Kier molecular flexibility index (Phi) is 5.31. The van der Waals surface area contributed by atoms with Crippen molar-refractivity contribution in [1.29, 1.82) is 0 Å². The number of hydrogen-bond donors (Lipinski definition) is 1. The van der Waals surface area contributed by atoms with Gasteiger partial charge in [-0.2, -0.15) is 0 Å². The minimum atomic E-state index is 0.644. The van der Waals surface area contributed by atoms with Crippen LogP contribution in [0.5, 0.6) is 5.75 Å². The van der Waals surface area contributed by atoms with Gasteiger partial charge in [0, 0.05) is 24.2 Å². The third kappa shape index (κ3) is 3.87. The highest BCUT2D eigenvalue weighted by Crippen LogP contribution is 2.36. The summed E-state index contributed by atoms with van der Waals surface area (Å²) < 4.78 is 6.33. The monoisotopic (exact) mass is 336 g/mol. The standard InChI is InChI=1S/C22H28N2O/c1-2-8-18-19(21-10-4-5-14-24-21)11-12-22(20(18)9-3-1)25-16-17-7-6-13-23-15-17/h4-5,10-12,14,17,23H,1-3,6-9,13,15-16H2. The molecule has 0 bridgehead atoms. The molecule has 2 aromatic rings. The van der Waals surface area contributed by atoms with E-state index in [1.54, 1.807) is 0 Å². The van der Waals surface area contributed by atoms with Crippen molar-refractivity contribution < 1.29 is 4.74 Å². The van der Waals surface area contributed by atoms with Crippen LogP contribution in [0.3, 0.4) is 0 Å². The van der Waals surface area contributed by atoms with Gasteiger partial charge >= 0.3 is 0 Å². The van der Waals surface area contributed by atoms with Gasteiger partial charge in [-0.3, -0.25) is 4.98 Å². The summed E-state index contributed by atoms with van der Waals surface area (Å²) >= 11 is 0. The van der Waals surface area contributed by atoms with E-state index in [4.69, 9.17) is 4.74 Å². The fraction of sp³-hybridized carbons (Fsp3) is 0.500. The number of pyridine rings is 1. The second-order valence-electron chi connectivity index (χ2n) is 7.37. The van der Waals surface area contributed by atoms with Crippen molar-refractivity contribution in [2.24, 2.45) is 5.92 Å². The second kappa shape index (κ2) is 8.01. The van der Waals surface area contributed by atoms with Crippen LogP contribution in [0.15, 0.2) is 36.5 Å². The van der Waals surface area contributed by atoms with Gasteiger partial charge in [0.15, 0.2) is 0 Å². The summed E-state index contributed by atoms with van der Waals surface area (Å²) in [7, 11) is 0. The number of nitrogens with zero attached hydrogens (tertiary/aromatic N) is 1. The number of fused-ring (bicyclic) bond motifs is 1. The first kappa shape index (κ1) is 16.6. The molecule has 1 aliphatic carbocycles. The van der Waals surface area contributed by atoms with Gasteiger partial charge < -0.3 is 10.1 Å². The molecule has 3 heteroatoms. The van der Waals surface area contributed by atoms with Crippen LogP contribution in [0.4, 0.5) is 0 Å². The molecule has 0 saturated carbocycles. The first-order valence-electron chi connectivity index (χ1n) is 9.81. The SMILES string of the molecule is c1ccc(-c2ccc(OCC3CCCNC3)c3c2CCCCC3)nc1. The third-order valence-electron chi connectivity index (χ3n) is 5.56. The average Bonchev–Trinajstić information content (AvgIpc) is 2.94. The van der Waals surface area contributed by atoms with Crippen molar-refractivity contribution in [2.45, 2.75) is 44.9 Å². The van der Waals surface area contributed by atoms with E-state index in [0.717, 1.165) is 44.0 Å². The number of benzene rings is 1. The molecule has 1 atom stereocenters. The molecule has 1 aromatic heterocycles. The predicted molar refractivity (Wildman–Crippen MR) is 102 cm³/mol. The van der Waals surface area contributed by atoms with Gasteiger partial charge in [-0.1, -0.05) is 12.5 Å². The maximum absolute atomic E-state index is 6.33. The second-order valence-corrected chi connectivity index (χ2v) is 7.37. The van der Waals surface area contributed by atoms with Crippen LogP contribution in [-0.4, -0.2) is 24.7 Å². The largest absolute Gasteiger partial charge is 0.493 e. The molecule has 25 heavy (non-hydrogen) atoms. The van der Waals surface area contributed by atoms with E-state index < -0.39 is 0 Å². The van der Waals surface area contributed by atoms with Crippen molar-refractivity contribution >= 4 is 0 Å². The highest BCUT2D eigenvalue weighted by Gasteiger charge is 2.20. The van der Waals surface area contributed by atoms with E-state index in [0.29, 0.717) is 5.92 Å². The van der Waals surface area contributed by atoms with Crippen LogP contribution < -0.4 is 10.1 Å². The number of ether oxygens (including phenoxy) is 1. The maximum Gasteiger partial charge on any atom is 0.122 e. The Balaban J connectivity index is 1.61. The summed E-state index contributed by atoms with van der Waals surface area (Å²) in [6.45, 7) is 3.08. The lowest BCUT2D eigenvalue weighted by Crippen LogP contribution is -2.33. The summed E-state index contributed by atoms with van der Waals surface area (Å²) in [5.41, 5.74) is 5.28. The van der Waals surface area contributed by atoms with Gasteiger partial charge in [0.2, 0.25) is 0 Å². The fourth-order valence-electron chi connectivity index (χ4n) is 4.18. The quantitative estimate of drug-likeness (QED) is 0.841. The molecule has 1 N–H and O–H groups in total. The lowest BCUT2D eigenvalue weighted by atomic mass is 9.94. The van der Waals surface area contributed by atoms with Gasteiger partial charge in [-0.15, -0.1) is 0 Å². The van der Waals surface area contributed by atoms with E-state index >= 15 is 0 Å². The summed E-state index contributed by atoms with van der Waals surface area (Å²) in [6, 6.07) is 10.6. The molecule has 1 saturated heterocycles. The van der Waals surface area contributed by atoms with E-state index in [1.165, 1.54) is 48.8 Å². The van der Waals surface area contributed by atoms with Crippen molar-refractivity contribution in [2.75, 3.05) is 19.7 Å². The molecular formula is C22H28N2O. The Hall–Kier alpha value is -1.87. The molecule has 132 valence electrons. The number of piperidine rings is 1. The van der Waals surface area contributed by atoms with Crippen LogP contribution in [0, 0.1) is 5.92 Å². The van der Waals surface area contributed by atoms with Crippen LogP contribution in [0.25, 0.3) is 11.3 Å². The molecule has 0 amide bonds. The van der Waals surface area contributed by atoms with Gasteiger partial charge in [-0.25, -0.2) is 0 Å². The number of hydrogen-bond acceptors (Lipinski definition) is 3. The Morgan fingerprint density at radius 3 is 2.72 bits per heavy atom. The van der Waals surface area contributed by atoms with Gasteiger partial charge in [0.05, 0.1) is 12.3 Å². The number of nitrogens with one attached hydrogen (secondary N) is 1. The Labute approximate surface area is 150 Å². The van der Waals surface area contributed by atoms with Gasteiger partial charge in [0.1, 0.15) is 5.75 Å². The Morgan fingerprint density at radius 1 is 1.00 bits per heavy atom. The maximum atomic E-state index is 6.33. The zero-order valence-electron chi connectivity index (χ0n) is 15.0. The molecule has 4 rings (SSSR count). The summed E-state index contributed by atoms with van der Waals surface area (Å²) in [6.07, 6.45) is 10.5. The highest BCUT2D eigenvalue weighted by atomic mass is 16.5. The first-order chi connectivity index (χ1) is 12.4. The third-order valence-corrected chi connectivity index (χ3v) is 5.56. The van der Waals surface area contributed by atoms with Crippen molar-refractivity contribution in [3.8, 4) is 17.0 Å². The number of aromatic nitrogens is 1. The topological polar surface area (TPSA) is 34.1 Å². The van der Waals surface area contributed by atoms with Crippen LogP contribution in [0.1, 0.15) is 43.2 Å². The fourth-order valence-corrected chi connectivity index (χ4v) is 4.18. The predicted octanol–water partition coefficient (Wildman–Crippen LogP) is 4.40. The molecule has 2 heterocycles. The molecule has 0 spiro atoms. The lowest BCUT2D eigenvalue weighted by molar-refractivity contribution is 0.217. The molecule has 1 fully saturated rings. The number of rotatable bonds is 4. The Morgan fingerprint density at radius 2 is 1.92 bits per heavy atom. The molecule has 0 radical (unpaired) electrons. The normalized spacial score (nSPS) is 20.6. The van der Waals surface area contributed by atoms with Crippen LogP contribution in [-0.2, 0) is 12.8 Å². The summed E-state index contributed by atoms with van der Waals surface area (Å²) in [5.74, 6) is 1.76. The molecule has 1 aliphatic heterocycles.